The highest BCUT2D eigenvalue weighted by molar-refractivity contribution is 14.1. The zero-order valence-electron chi connectivity index (χ0n) is 7.27. The number of carbonyl (C=O) groups is 2. The van der Waals surface area contributed by atoms with Crippen LogP contribution < -0.4 is 0 Å². The van der Waals surface area contributed by atoms with Crippen molar-refractivity contribution in [1.82, 2.24) is 0 Å². The number of rotatable bonds is 1. The van der Waals surface area contributed by atoms with E-state index in [2.05, 4.69) is 0 Å². The van der Waals surface area contributed by atoms with Crippen LogP contribution in [-0.2, 0) is 0 Å². The summed E-state index contributed by atoms with van der Waals surface area (Å²) in [6.07, 6.45) is 0. The number of halogens is 1. The first-order valence-electron chi connectivity index (χ1n) is 4.04. The Morgan fingerprint density at radius 1 is 1.20 bits per heavy atom. The molecule has 0 saturated carbocycles. The smallest absolute Gasteiger partial charge is 0.286 e. The second-order valence-electron chi connectivity index (χ2n) is 3.11. The van der Waals surface area contributed by atoms with Crippen molar-refractivity contribution in [3.05, 3.63) is 43.0 Å². The highest BCUT2D eigenvalue weighted by atomic mass is 127. The molecule has 0 bridgehead atoms. The first kappa shape index (κ1) is 10.2. The molecule has 0 radical (unpaired) electrons. The number of hydrogen-bond acceptors (Lipinski definition) is 4. The van der Waals surface area contributed by atoms with E-state index < -0.39 is 22.5 Å². The van der Waals surface area contributed by atoms with E-state index in [0.29, 0.717) is 0 Å². The molecule has 1 aromatic rings. The molecule has 1 aliphatic carbocycles. The van der Waals surface area contributed by atoms with Crippen molar-refractivity contribution in [1.29, 1.82) is 0 Å². The number of carbonyl (C=O) groups excluding carboxylic acids is 2. The fraction of sp³-hybridized carbons (Fsp3) is 0.111. The molecule has 0 saturated heterocycles. The zero-order chi connectivity index (χ0) is 11.2. The lowest BCUT2D eigenvalue weighted by Gasteiger charge is -1.94. The molecule has 1 unspecified atom stereocenters. The summed E-state index contributed by atoms with van der Waals surface area (Å²) in [5, 5.41) is 10.5. The molecule has 0 aliphatic heterocycles. The number of fused-ring (bicyclic) bond motifs is 1. The van der Waals surface area contributed by atoms with Crippen molar-refractivity contribution < 1.29 is 14.5 Å². The normalized spacial score (nSPS) is 19.1. The number of ketones is 2. The van der Waals surface area contributed by atoms with Gasteiger partial charge in [0.1, 0.15) is 0 Å². The quantitative estimate of drug-likeness (QED) is 0.339. The largest absolute Gasteiger partial charge is 0.336 e. The Hall–Kier alpha value is -1.31. The summed E-state index contributed by atoms with van der Waals surface area (Å²) in [4.78, 5) is 32.7. The van der Waals surface area contributed by atoms with E-state index >= 15 is 0 Å². The highest BCUT2D eigenvalue weighted by Crippen LogP contribution is 2.25. The molecule has 15 heavy (non-hydrogen) atoms. The Kier molecular flexibility index (Phi) is 2.29. The molecule has 0 fully saturated rings. The summed E-state index contributed by atoms with van der Waals surface area (Å²) in [5.41, 5.74) is 0.315. The van der Waals surface area contributed by atoms with E-state index in [-0.39, 0.29) is 11.1 Å². The summed E-state index contributed by atoms with van der Waals surface area (Å²) in [5.74, 6) is -1.42. The van der Waals surface area contributed by atoms with E-state index in [0.717, 1.165) is 3.57 Å². The van der Waals surface area contributed by atoms with Gasteiger partial charge in [-0.2, -0.15) is 0 Å². The van der Waals surface area contributed by atoms with E-state index in [1.54, 1.807) is 6.07 Å². The predicted molar refractivity (Wildman–Crippen MR) is 58.6 cm³/mol. The van der Waals surface area contributed by atoms with Gasteiger partial charge in [0.15, 0.2) is 0 Å². The molecular formula is C9H4INO4. The van der Waals surface area contributed by atoms with Gasteiger partial charge in [0.05, 0.1) is 0 Å². The van der Waals surface area contributed by atoms with Crippen LogP contribution >= 0.6 is 22.6 Å². The molecule has 76 valence electrons. The highest BCUT2D eigenvalue weighted by Gasteiger charge is 2.47. The minimum Gasteiger partial charge on any atom is -0.286 e. The third-order valence-corrected chi connectivity index (χ3v) is 2.89. The van der Waals surface area contributed by atoms with Crippen molar-refractivity contribution in [2.45, 2.75) is 6.04 Å². The van der Waals surface area contributed by atoms with Crippen LogP contribution in [0, 0.1) is 13.7 Å². The van der Waals surface area contributed by atoms with E-state index in [1.165, 1.54) is 12.1 Å². The SMILES string of the molecule is O=C1c2ccc(I)cc2C(=O)C1[N+](=O)[O-]. The molecule has 0 amide bonds. The van der Waals surface area contributed by atoms with Gasteiger partial charge in [0.25, 0.3) is 0 Å². The Bertz CT molecular complexity index is 497. The van der Waals surface area contributed by atoms with Gasteiger partial charge < -0.3 is 0 Å². The summed E-state index contributed by atoms with van der Waals surface area (Å²) in [6.45, 7) is 0. The minimum absolute atomic E-state index is 0.155. The molecule has 1 aliphatic rings. The van der Waals surface area contributed by atoms with Crippen LogP contribution in [0.1, 0.15) is 20.7 Å². The molecule has 0 aromatic heterocycles. The van der Waals surface area contributed by atoms with Crippen molar-refractivity contribution in [3.8, 4) is 0 Å². The van der Waals surface area contributed by atoms with Gasteiger partial charge in [-0.3, -0.25) is 19.7 Å². The Morgan fingerprint density at radius 2 is 1.80 bits per heavy atom. The summed E-state index contributed by atoms with van der Waals surface area (Å²) in [7, 11) is 0. The molecule has 0 spiro atoms. The molecule has 6 heteroatoms. The summed E-state index contributed by atoms with van der Waals surface area (Å²) >= 11 is 1.98. The molecule has 0 heterocycles. The van der Waals surface area contributed by atoms with Crippen LogP contribution in [0.4, 0.5) is 0 Å². The topological polar surface area (TPSA) is 77.3 Å². The van der Waals surface area contributed by atoms with Crippen LogP contribution in [0.3, 0.4) is 0 Å². The molecule has 5 nitrogen and oxygen atoms in total. The second kappa shape index (κ2) is 3.37. The fourth-order valence-corrected chi connectivity index (χ4v) is 2.03. The van der Waals surface area contributed by atoms with Gasteiger partial charge >= 0.3 is 6.04 Å². The van der Waals surface area contributed by atoms with Crippen LogP contribution in [0.25, 0.3) is 0 Å². The fourth-order valence-electron chi connectivity index (χ4n) is 1.54. The maximum absolute atomic E-state index is 11.5. The lowest BCUT2D eigenvalue weighted by Crippen LogP contribution is -2.31. The van der Waals surface area contributed by atoms with E-state index in [1.807, 2.05) is 22.6 Å². The monoisotopic (exact) mass is 317 g/mol. The van der Waals surface area contributed by atoms with E-state index in [9.17, 15) is 19.7 Å². The molecular weight excluding hydrogens is 313 g/mol. The van der Waals surface area contributed by atoms with Crippen LogP contribution in [0.5, 0.6) is 0 Å². The van der Waals surface area contributed by atoms with Crippen LogP contribution in [-0.4, -0.2) is 22.5 Å². The van der Waals surface area contributed by atoms with Crippen LogP contribution in [0.2, 0.25) is 0 Å². The van der Waals surface area contributed by atoms with Crippen molar-refractivity contribution in [3.63, 3.8) is 0 Å². The zero-order valence-corrected chi connectivity index (χ0v) is 9.43. The van der Waals surface area contributed by atoms with Gasteiger partial charge in [0, 0.05) is 19.6 Å². The summed E-state index contributed by atoms with van der Waals surface area (Å²) in [6, 6.07) is 2.87. The van der Waals surface area contributed by atoms with Crippen molar-refractivity contribution in [2.24, 2.45) is 0 Å². The van der Waals surface area contributed by atoms with Gasteiger partial charge in [-0.1, -0.05) is 0 Å². The minimum atomic E-state index is -1.74. The predicted octanol–water partition coefficient (Wildman–Crippen LogP) is 1.32. The van der Waals surface area contributed by atoms with E-state index in [4.69, 9.17) is 0 Å². The molecule has 1 aromatic carbocycles. The number of benzene rings is 1. The average molecular weight is 317 g/mol. The van der Waals surface area contributed by atoms with Gasteiger partial charge in [-0.25, -0.2) is 0 Å². The maximum Gasteiger partial charge on any atom is 0.336 e. The van der Waals surface area contributed by atoms with Crippen molar-refractivity contribution in [2.75, 3.05) is 0 Å². The first-order chi connectivity index (χ1) is 7.02. The number of hydrogen-bond donors (Lipinski definition) is 0. The molecule has 1 atom stereocenters. The third-order valence-electron chi connectivity index (χ3n) is 2.22. The number of nitro groups is 1. The number of Topliss-reactive ketones (excluding diaryl/α,β-unsaturated/α-hetero) is 2. The average Bonchev–Trinajstić information content (AvgIpc) is 2.39. The van der Waals surface area contributed by atoms with Crippen molar-refractivity contribution >= 4 is 34.2 Å². The Morgan fingerprint density at radius 3 is 2.40 bits per heavy atom. The Labute approximate surface area is 97.8 Å². The van der Waals surface area contributed by atoms with Crippen LogP contribution in [0.15, 0.2) is 18.2 Å². The Balaban J connectivity index is 2.60. The van der Waals surface area contributed by atoms with Gasteiger partial charge in [0.2, 0.25) is 11.6 Å². The second-order valence-corrected chi connectivity index (χ2v) is 4.35. The first-order valence-corrected chi connectivity index (χ1v) is 5.11. The number of nitrogens with zero attached hydrogens (tertiary/aromatic N) is 1. The lowest BCUT2D eigenvalue weighted by molar-refractivity contribution is -0.488. The third kappa shape index (κ3) is 1.44. The van der Waals surface area contributed by atoms with Gasteiger partial charge in [-0.15, -0.1) is 0 Å². The van der Waals surface area contributed by atoms with Gasteiger partial charge in [-0.05, 0) is 40.8 Å². The molecule has 0 N–H and O–H groups in total. The lowest BCUT2D eigenvalue weighted by atomic mass is 10.1. The standard InChI is InChI=1S/C9H4INO4/c10-4-1-2-5-6(3-4)9(13)7(8(5)12)11(14)15/h1-3,7H. The maximum atomic E-state index is 11.5. The summed E-state index contributed by atoms with van der Waals surface area (Å²) < 4.78 is 0.775. The molecule has 2 rings (SSSR count).